The first-order chi connectivity index (χ1) is 6.06. The van der Waals surface area contributed by atoms with Crippen LogP contribution in [0.15, 0.2) is 12.1 Å². The molecule has 1 aromatic rings. The maximum Gasteiger partial charge on any atom is 0.178 e. The van der Waals surface area contributed by atoms with E-state index in [4.69, 9.17) is 11.6 Å². The van der Waals surface area contributed by atoms with E-state index < -0.39 is 0 Å². The van der Waals surface area contributed by atoms with Gasteiger partial charge in [0.15, 0.2) is 5.78 Å². The van der Waals surface area contributed by atoms with Crippen LogP contribution in [-0.2, 0) is 0 Å². The van der Waals surface area contributed by atoms with Crippen LogP contribution < -0.4 is 0 Å². The minimum absolute atomic E-state index is 0.00198. The van der Waals surface area contributed by atoms with Gasteiger partial charge in [-0.1, -0.05) is 11.6 Å². The molecule has 1 aromatic carbocycles. The quantitative estimate of drug-likeness (QED) is 0.465. The van der Waals surface area contributed by atoms with Crippen LogP contribution in [0.1, 0.15) is 21.5 Å². The minimum Gasteiger partial charge on any atom is -0.293 e. The third-order valence-electron chi connectivity index (χ3n) is 1.82. The van der Waals surface area contributed by atoms with Gasteiger partial charge in [-0.25, -0.2) is 0 Å². The number of benzene rings is 1. The zero-order chi connectivity index (χ0) is 10.0. The molecule has 0 unspecified atom stereocenters. The van der Waals surface area contributed by atoms with Gasteiger partial charge < -0.3 is 0 Å². The van der Waals surface area contributed by atoms with Gasteiger partial charge in [0, 0.05) is 9.13 Å². The third kappa shape index (κ3) is 2.44. The molecule has 1 rings (SSSR count). The Hall–Kier alpha value is -0.0900. The topological polar surface area (TPSA) is 17.1 Å². The van der Waals surface area contributed by atoms with Gasteiger partial charge in [0.1, 0.15) is 0 Å². The fraction of sp³-hybridized carbons (Fsp3) is 0.300. The Labute approximate surface area is 96.6 Å². The van der Waals surface area contributed by atoms with Gasteiger partial charge in [0.05, 0.1) is 5.88 Å². The fourth-order valence-corrected chi connectivity index (χ4v) is 1.98. The monoisotopic (exact) mass is 308 g/mol. The van der Waals surface area contributed by atoms with E-state index in [9.17, 15) is 4.79 Å². The highest BCUT2D eigenvalue weighted by atomic mass is 127. The molecule has 0 spiro atoms. The number of carbonyl (C=O) groups is 1. The summed E-state index contributed by atoms with van der Waals surface area (Å²) in [6.07, 6.45) is 0. The summed E-state index contributed by atoms with van der Waals surface area (Å²) in [5.74, 6) is 0.0525. The first-order valence-electron chi connectivity index (χ1n) is 3.92. The molecule has 0 aliphatic carbocycles. The minimum atomic E-state index is -0.00198. The van der Waals surface area contributed by atoms with Crippen molar-refractivity contribution in [2.75, 3.05) is 5.88 Å². The number of halogens is 2. The normalized spacial score (nSPS) is 10.2. The highest BCUT2D eigenvalue weighted by Crippen LogP contribution is 2.19. The number of alkyl halides is 1. The Morgan fingerprint density at radius 2 is 2.08 bits per heavy atom. The van der Waals surface area contributed by atoms with Crippen LogP contribution in [0, 0.1) is 17.4 Å². The molecule has 3 heteroatoms. The fourth-order valence-electron chi connectivity index (χ4n) is 1.22. The second-order valence-electron chi connectivity index (χ2n) is 3.00. The lowest BCUT2D eigenvalue weighted by atomic mass is 10.1. The summed E-state index contributed by atoms with van der Waals surface area (Å²) in [7, 11) is 0. The lowest BCUT2D eigenvalue weighted by Crippen LogP contribution is -2.04. The smallest absolute Gasteiger partial charge is 0.178 e. The SMILES string of the molecule is Cc1cc(C)c(I)c(C(=O)CCl)c1. The number of rotatable bonds is 2. The second kappa shape index (κ2) is 4.42. The molecule has 0 aliphatic heterocycles. The molecule has 70 valence electrons. The van der Waals surface area contributed by atoms with Gasteiger partial charge in [0.25, 0.3) is 0 Å². The lowest BCUT2D eigenvalue weighted by molar-refractivity contribution is 0.102. The van der Waals surface area contributed by atoms with Crippen molar-refractivity contribution < 1.29 is 4.79 Å². The van der Waals surface area contributed by atoms with Crippen LogP contribution in [0.5, 0.6) is 0 Å². The molecule has 0 aliphatic rings. The maximum absolute atomic E-state index is 11.4. The lowest BCUT2D eigenvalue weighted by Gasteiger charge is -2.06. The third-order valence-corrected chi connectivity index (χ3v) is 3.50. The van der Waals surface area contributed by atoms with Crippen LogP contribution in [0.2, 0.25) is 0 Å². The van der Waals surface area contributed by atoms with E-state index in [0.717, 1.165) is 20.3 Å². The van der Waals surface area contributed by atoms with Crippen molar-refractivity contribution in [1.82, 2.24) is 0 Å². The van der Waals surface area contributed by atoms with Crippen LogP contribution in [-0.4, -0.2) is 11.7 Å². The Morgan fingerprint density at radius 3 is 2.62 bits per heavy atom. The first-order valence-corrected chi connectivity index (χ1v) is 5.53. The molecular weight excluding hydrogens is 298 g/mol. The van der Waals surface area contributed by atoms with E-state index in [-0.39, 0.29) is 11.7 Å². The summed E-state index contributed by atoms with van der Waals surface area (Å²) < 4.78 is 1.01. The molecule has 0 fully saturated rings. The Balaban J connectivity index is 3.28. The van der Waals surface area contributed by atoms with Gasteiger partial charge in [0.2, 0.25) is 0 Å². The Bertz CT molecular complexity index is 347. The first kappa shape index (κ1) is 11.0. The van der Waals surface area contributed by atoms with E-state index in [1.54, 1.807) is 0 Å². The molecule has 0 amide bonds. The number of hydrogen-bond donors (Lipinski definition) is 0. The van der Waals surface area contributed by atoms with Crippen molar-refractivity contribution in [3.8, 4) is 0 Å². The summed E-state index contributed by atoms with van der Waals surface area (Å²) in [5.41, 5.74) is 2.98. The zero-order valence-corrected chi connectivity index (χ0v) is 10.4. The summed E-state index contributed by atoms with van der Waals surface area (Å²) in [5, 5.41) is 0. The molecule has 0 aromatic heterocycles. The van der Waals surface area contributed by atoms with Crippen LogP contribution in [0.4, 0.5) is 0 Å². The average Bonchev–Trinajstić information content (AvgIpc) is 2.10. The largest absolute Gasteiger partial charge is 0.293 e. The molecule has 0 saturated carbocycles. The molecule has 0 bridgehead atoms. The van der Waals surface area contributed by atoms with Crippen molar-refractivity contribution in [2.45, 2.75) is 13.8 Å². The second-order valence-corrected chi connectivity index (χ2v) is 4.35. The van der Waals surface area contributed by atoms with E-state index in [1.807, 2.05) is 19.9 Å². The van der Waals surface area contributed by atoms with Gasteiger partial charge >= 0.3 is 0 Å². The molecule has 0 heterocycles. The van der Waals surface area contributed by atoms with Crippen LogP contribution >= 0.6 is 34.2 Å². The van der Waals surface area contributed by atoms with E-state index >= 15 is 0 Å². The van der Waals surface area contributed by atoms with E-state index in [0.29, 0.717) is 0 Å². The van der Waals surface area contributed by atoms with Gasteiger partial charge in [-0.15, -0.1) is 11.6 Å². The molecule has 0 saturated heterocycles. The number of hydrogen-bond acceptors (Lipinski definition) is 1. The standard InChI is InChI=1S/C10H10ClIO/c1-6-3-7(2)10(12)8(4-6)9(13)5-11/h3-4H,5H2,1-2H3. The highest BCUT2D eigenvalue weighted by Gasteiger charge is 2.10. The Kier molecular flexibility index (Phi) is 3.74. The van der Waals surface area contributed by atoms with Crippen molar-refractivity contribution >= 4 is 40.0 Å². The van der Waals surface area contributed by atoms with Crippen LogP contribution in [0.3, 0.4) is 0 Å². The van der Waals surface area contributed by atoms with Crippen molar-refractivity contribution in [3.05, 3.63) is 32.4 Å². The molecule has 0 N–H and O–H groups in total. The maximum atomic E-state index is 11.4. The molecule has 13 heavy (non-hydrogen) atoms. The van der Waals surface area contributed by atoms with Crippen molar-refractivity contribution in [2.24, 2.45) is 0 Å². The van der Waals surface area contributed by atoms with Gasteiger partial charge in [-0.05, 0) is 48.1 Å². The number of carbonyl (C=O) groups excluding carboxylic acids is 1. The van der Waals surface area contributed by atoms with E-state index in [2.05, 4.69) is 28.7 Å². The number of aryl methyl sites for hydroxylation is 2. The molecule has 0 radical (unpaired) electrons. The summed E-state index contributed by atoms with van der Waals surface area (Å²) in [6, 6.07) is 3.95. The predicted octanol–water partition coefficient (Wildman–Crippen LogP) is 3.33. The number of ketones is 1. The summed E-state index contributed by atoms with van der Waals surface area (Å²) in [6.45, 7) is 3.98. The average molecular weight is 309 g/mol. The highest BCUT2D eigenvalue weighted by molar-refractivity contribution is 14.1. The van der Waals surface area contributed by atoms with Crippen molar-refractivity contribution in [1.29, 1.82) is 0 Å². The summed E-state index contributed by atoms with van der Waals surface area (Å²) in [4.78, 5) is 11.4. The zero-order valence-electron chi connectivity index (χ0n) is 7.53. The van der Waals surface area contributed by atoms with E-state index in [1.165, 1.54) is 0 Å². The van der Waals surface area contributed by atoms with Gasteiger partial charge in [-0.3, -0.25) is 4.79 Å². The van der Waals surface area contributed by atoms with Gasteiger partial charge in [-0.2, -0.15) is 0 Å². The van der Waals surface area contributed by atoms with Crippen molar-refractivity contribution in [3.63, 3.8) is 0 Å². The summed E-state index contributed by atoms with van der Waals surface area (Å²) >= 11 is 7.69. The van der Waals surface area contributed by atoms with Crippen LogP contribution in [0.25, 0.3) is 0 Å². The number of Topliss-reactive ketones (excluding diaryl/α,β-unsaturated/α-hetero) is 1. The molecule has 1 nitrogen and oxygen atoms in total. The molecule has 0 atom stereocenters. The Morgan fingerprint density at radius 1 is 1.46 bits per heavy atom. The predicted molar refractivity (Wildman–Crippen MR) is 63.7 cm³/mol. The molecular formula is C10H10ClIO.